The fourth-order valence-electron chi connectivity index (χ4n) is 1.46. The molecule has 0 amide bonds. The lowest BCUT2D eigenvalue weighted by Gasteiger charge is -2.07. The van der Waals surface area contributed by atoms with Crippen molar-refractivity contribution in [3.8, 4) is 5.75 Å². The van der Waals surface area contributed by atoms with Crippen molar-refractivity contribution >= 4 is 11.4 Å². The summed E-state index contributed by atoms with van der Waals surface area (Å²) in [6.07, 6.45) is 0. The Bertz CT molecular complexity index is 469. The average Bonchev–Trinajstić information content (AvgIpc) is 2.32. The summed E-state index contributed by atoms with van der Waals surface area (Å²) in [7, 11) is 0. The fourth-order valence-corrected chi connectivity index (χ4v) is 1.46. The number of para-hydroxylation sites is 1. The van der Waals surface area contributed by atoms with Gasteiger partial charge in [-0.1, -0.05) is 24.3 Å². The van der Waals surface area contributed by atoms with Gasteiger partial charge < -0.3 is 16.2 Å². The maximum absolute atomic E-state index is 9.44. The molecule has 0 saturated heterocycles. The van der Waals surface area contributed by atoms with Gasteiger partial charge in [-0.3, -0.25) is 0 Å². The minimum atomic E-state index is 0.132. The Morgan fingerprint density at radius 1 is 1.06 bits per heavy atom. The summed E-state index contributed by atoms with van der Waals surface area (Å²) in [5, 5.41) is 12.7. The molecular weight excluding hydrogens is 200 g/mol. The lowest BCUT2D eigenvalue weighted by atomic mass is 10.2. The van der Waals surface area contributed by atoms with Crippen molar-refractivity contribution in [2.75, 3.05) is 11.1 Å². The van der Waals surface area contributed by atoms with Crippen LogP contribution in [0.25, 0.3) is 0 Å². The van der Waals surface area contributed by atoms with E-state index in [9.17, 15) is 5.11 Å². The molecule has 0 atom stereocenters. The highest BCUT2D eigenvalue weighted by molar-refractivity contribution is 5.53. The standard InChI is InChI=1S/C13H14N2O/c14-12-7-6-10(8-13(12)16)9-15-11-4-2-1-3-5-11/h1-8,15-16H,9,14H2. The highest BCUT2D eigenvalue weighted by Gasteiger charge is 1.98. The summed E-state index contributed by atoms with van der Waals surface area (Å²) >= 11 is 0. The Morgan fingerprint density at radius 3 is 2.50 bits per heavy atom. The number of nitrogens with two attached hydrogens (primary N) is 1. The first-order valence-corrected chi connectivity index (χ1v) is 5.12. The highest BCUT2D eigenvalue weighted by Crippen LogP contribution is 2.21. The molecular formula is C13H14N2O. The van der Waals surface area contributed by atoms with Crippen LogP contribution in [0.2, 0.25) is 0 Å². The highest BCUT2D eigenvalue weighted by atomic mass is 16.3. The molecule has 2 aromatic rings. The monoisotopic (exact) mass is 214 g/mol. The molecule has 0 heterocycles. The lowest BCUT2D eigenvalue weighted by molar-refractivity contribution is 0.477. The van der Waals surface area contributed by atoms with E-state index in [4.69, 9.17) is 5.73 Å². The molecule has 0 spiro atoms. The van der Waals surface area contributed by atoms with E-state index in [0.29, 0.717) is 12.2 Å². The lowest BCUT2D eigenvalue weighted by Crippen LogP contribution is -1.99. The molecule has 0 aliphatic heterocycles. The maximum Gasteiger partial charge on any atom is 0.138 e. The van der Waals surface area contributed by atoms with Crippen LogP contribution in [-0.4, -0.2) is 5.11 Å². The second-order valence-corrected chi connectivity index (χ2v) is 3.61. The van der Waals surface area contributed by atoms with Gasteiger partial charge in [-0.05, 0) is 29.8 Å². The predicted molar refractivity (Wildman–Crippen MR) is 66.3 cm³/mol. The van der Waals surface area contributed by atoms with Crippen LogP contribution in [-0.2, 0) is 6.54 Å². The van der Waals surface area contributed by atoms with Crippen molar-refractivity contribution in [3.63, 3.8) is 0 Å². The topological polar surface area (TPSA) is 58.3 Å². The second kappa shape index (κ2) is 4.57. The first-order valence-electron chi connectivity index (χ1n) is 5.12. The van der Waals surface area contributed by atoms with Gasteiger partial charge in [0.2, 0.25) is 0 Å². The Hall–Kier alpha value is -2.16. The van der Waals surface area contributed by atoms with Gasteiger partial charge in [0.15, 0.2) is 0 Å². The molecule has 0 aromatic heterocycles. The number of rotatable bonds is 3. The van der Waals surface area contributed by atoms with Crippen LogP contribution < -0.4 is 11.1 Å². The van der Waals surface area contributed by atoms with Crippen LogP contribution in [0.15, 0.2) is 48.5 Å². The molecule has 0 fully saturated rings. The third kappa shape index (κ3) is 2.45. The largest absolute Gasteiger partial charge is 0.506 e. The Kier molecular flexibility index (Phi) is 2.96. The van der Waals surface area contributed by atoms with Crippen LogP contribution in [0.3, 0.4) is 0 Å². The molecule has 0 saturated carbocycles. The van der Waals surface area contributed by atoms with Crippen molar-refractivity contribution in [1.29, 1.82) is 0 Å². The van der Waals surface area contributed by atoms with E-state index >= 15 is 0 Å². The SMILES string of the molecule is Nc1ccc(CNc2ccccc2)cc1O. The summed E-state index contributed by atoms with van der Waals surface area (Å²) in [5.74, 6) is 0.132. The Balaban J connectivity index is 2.03. The minimum absolute atomic E-state index is 0.132. The number of phenols is 1. The van der Waals surface area contributed by atoms with E-state index in [-0.39, 0.29) is 5.75 Å². The van der Waals surface area contributed by atoms with Crippen molar-refractivity contribution in [1.82, 2.24) is 0 Å². The summed E-state index contributed by atoms with van der Waals surface area (Å²) in [6, 6.07) is 15.2. The molecule has 2 rings (SSSR count). The van der Waals surface area contributed by atoms with Crippen LogP contribution in [0.4, 0.5) is 11.4 Å². The number of hydrogen-bond acceptors (Lipinski definition) is 3. The molecule has 0 radical (unpaired) electrons. The van der Waals surface area contributed by atoms with E-state index < -0.39 is 0 Å². The molecule has 0 bridgehead atoms. The van der Waals surface area contributed by atoms with E-state index in [2.05, 4.69) is 5.32 Å². The Morgan fingerprint density at radius 2 is 1.81 bits per heavy atom. The van der Waals surface area contributed by atoms with Gasteiger partial charge >= 0.3 is 0 Å². The van der Waals surface area contributed by atoms with Gasteiger partial charge in [0.05, 0.1) is 5.69 Å². The molecule has 82 valence electrons. The van der Waals surface area contributed by atoms with Gasteiger partial charge in [-0.15, -0.1) is 0 Å². The van der Waals surface area contributed by atoms with Crippen molar-refractivity contribution in [2.24, 2.45) is 0 Å². The number of phenolic OH excluding ortho intramolecular Hbond substituents is 1. The zero-order valence-corrected chi connectivity index (χ0v) is 8.85. The van der Waals surface area contributed by atoms with Crippen molar-refractivity contribution < 1.29 is 5.11 Å². The maximum atomic E-state index is 9.44. The summed E-state index contributed by atoms with van der Waals surface area (Å²) < 4.78 is 0. The van der Waals surface area contributed by atoms with Crippen molar-refractivity contribution in [3.05, 3.63) is 54.1 Å². The minimum Gasteiger partial charge on any atom is -0.506 e. The van der Waals surface area contributed by atoms with Crippen LogP contribution in [0.5, 0.6) is 5.75 Å². The quantitative estimate of drug-likeness (QED) is 0.543. The van der Waals surface area contributed by atoms with Gasteiger partial charge in [-0.25, -0.2) is 0 Å². The number of anilines is 2. The third-order valence-corrected chi connectivity index (χ3v) is 2.37. The zero-order valence-electron chi connectivity index (χ0n) is 8.85. The van der Waals surface area contributed by atoms with Crippen LogP contribution >= 0.6 is 0 Å². The number of aromatic hydroxyl groups is 1. The molecule has 0 unspecified atom stereocenters. The molecule has 16 heavy (non-hydrogen) atoms. The summed E-state index contributed by atoms with van der Waals surface area (Å²) in [5.41, 5.74) is 7.98. The van der Waals surface area contributed by atoms with Crippen LogP contribution in [0, 0.1) is 0 Å². The summed E-state index contributed by atoms with van der Waals surface area (Å²) in [6.45, 7) is 0.665. The van der Waals surface area contributed by atoms with Gasteiger partial charge in [0, 0.05) is 12.2 Å². The molecule has 0 aliphatic rings. The Labute approximate surface area is 94.5 Å². The summed E-state index contributed by atoms with van der Waals surface area (Å²) in [4.78, 5) is 0. The number of benzene rings is 2. The molecule has 2 aromatic carbocycles. The first-order chi connectivity index (χ1) is 7.75. The zero-order chi connectivity index (χ0) is 11.4. The molecule has 4 N–H and O–H groups in total. The third-order valence-electron chi connectivity index (χ3n) is 2.37. The van der Waals surface area contributed by atoms with Gasteiger partial charge in [-0.2, -0.15) is 0 Å². The molecule has 0 aliphatic carbocycles. The molecule has 3 heteroatoms. The van der Waals surface area contributed by atoms with E-state index in [1.165, 1.54) is 0 Å². The van der Waals surface area contributed by atoms with Crippen molar-refractivity contribution in [2.45, 2.75) is 6.54 Å². The number of nitrogen functional groups attached to an aromatic ring is 1. The molecule has 3 nitrogen and oxygen atoms in total. The smallest absolute Gasteiger partial charge is 0.138 e. The number of nitrogens with one attached hydrogen (secondary N) is 1. The van der Waals surface area contributed by atoms with E-state index in [1.54, 1.807) is 12.1 Å². The normalized spacial score (nSPS) is 10.0. The number of hydrogen-bond donors (Lipinski definition) is 3. The first kappa shape index (κ1) is 10.4. The van der Waals surface area contributed by atoms with Gasteiger partial charge in [0.25, 0.3) is 0 Å². The fraction of sp³-hybridized carbons (Fsp3) is 0.0769. The second-order valence-electron chi connectivity index (χ2n) is 3.61. The van der Waals surface area contributed by atoms with E-state index in [1.807, 2.05) is 36.4 Å². The average molecular weight is 214 g/mol. The van der Waals surface area contributed by atoms with Crippen LogP contribution in [0.1, 0.15) is 5.56 Å². The van der Waals surface area contributed by atoms with E-state index in [0.717, 1.165) is 11.3 Å². The van der Waals surface area contributed by atoms with Gasteiger partial charge in [0.1, 0.15) is 5.75 Å². The predicted octanol–water partition coefficient (Wildman–Crippen LogP) is 2.59.